The molecular formula is C13H17F3N2O2S. The SMILES string of the molecule is CN(c1ccccc1S(=O)(=O)C(F)(F)F)C1CCCNC1. The standard InChI is InChI=1S/C13H17F3N2O2S/c1-18(10-5-4-8-17-9-10)11-6-2-3-7-12(11)21(19,20)13(14,15)16/h2-3,6-7,10,17H,4-5,8-9H2,1H3. The third-order valence-electron chi connectivity index (χ3n) is 3.66. The van der Waals surface area contributed by atoms with Gasteiger partial charge in [-0.3, -0.25) is 0 Å². The maximum atomic E-state index is 12.8. The van der Waals surface area contributed by atoms with Crippen LogP contribution in [0.3, 0.4) is 0 Å². The molecule has 0 saturated carbocycles. The van der Waals surface area contributed by atoms with E-state index in [0.717, 1.165) is 25.5 Å². The first-order valence-electron chi connectivity index (χ1n) is 6.59. The van der Waals surface area contributed by atoms with Gasteiger partial charge in [-0.15, -0.1) is 0 Å². The van der Waals surface area contributed by atoms with Crippen LogP contribution in [-0.4, -0.2) is 40.1 Å². The fraction of sp³-hybridized carbons (Fsp3) is 0.538. The Balaban J connectivity index is 2.42. The molecule has 1 aliphatic heterocycles. The third-order valence-corrected chi connectivity index (χ3v) is 5.19. The number of para-hydroxylation sites is 1. The van der Waals surface area contributed by atoms with Crippen LogP contribution in [0.25, 0.3) is 0 Å². The number of hydrogen-bond acceptors (Lipinski definition) is 4. The molecule has 0 aromatic heterocycles. The van der Waals surface area contributed by atoms with Crippen LogP contribution >= 0.6 is 0 Å². The highest BCUT2D eigenvalue weighted by Gasteiger charge is 2.48. The molecule has 21 heavy (non-hydrogen) atoms. The normalized spacial score (nSPS) is 20.3. The summed E-state index contributed by atoms with van der Waals surface area (Å²) in [5.41, 5.74) is -5.21. The minimum atomic E-state index is -5.35. The number of hydrogen-bond donors (Lipinski definition) is 1. The highest BCUT2D eigenvalue weighted by atomic mass is 32.2. The third kappa shape index (κ3) is 3.16. The first kappa shape index (κ1) is 16.1. The average Bonchev–Trinajstić information content (AvgIpc) is 2.46. The van der Waals surface area contributed by atoms with Crippen LogP contribution in [0.1, 0.15) is 12.8 Å². The van der Waals surface area contributed by atoms with E-state index >= 15 is 0 Å². The molecule has 0 aliphatic carbocycles. The van der Waals surface area contributed by atoms with Crippen molar-refractivity contribution in [3.8, 4) is 0 Å². The summed E-state index contributed by atoms with van der Waals surface area (Å²) in [6.07, 6.45) is 1.72. The van der Waals surface area contributed by atoms with Crippen LogP contribution in [0.15, 0.2) is 29.2 Å². The van der Waals surface area contributed by atoms with Gasteiger partial charge in [-0.1, -0.05) is 12.1 Å². The molecule has 0 radical (unpaired) electrons. The smallest absolute Gasteiger partial charge is 0.369 e. The molecule has 1 unspecified atom stereocenters. The molecule has 0 bridgehead atoms. The summed E-state index contributed by atoms with van der Waals surface area (Å²) in [5.74, 6) is 0. The van der Waals surface area contributed by atoms with Crippen LogP contribution in [0.5, 0.6) is 0 Å². The van der Waals surface area contributed by atoms with Gasteiger partial charge in [0.2, 0.25) is 0 Å². The highest BCUT2D eigenvalue weighted by molar-refractivity contribution is 7.92. The molecular weight excluding hydrogens is 305 g/mol. The molecule has 2 rings (SSSR count). The maximum Gasteiger partial charge on any atom is 0.501 e. The molecule has 0 spiro atoms. The zero-order chi connectivity index (χ0) is 15.7. The van der Waals surface area contributed by atoms with Gasteiger partial charge in [0.25, 0.3) is 9.84 Å². The zero-order valence-electron chi connectivity index (χ0n) is 11.5. The summed E-state index contributed by atoms with van der Waals surface area (Å²) in [6, 6.07) is 5.23. The number of nitrogens with one attached hydrogen (secondary N) is 1. The lowest BCUT2D eigenvalue weighted by Gasteiger charge is -2.34. The summed E-state index contributed by atoms with van der Waals surface area (Å²) in [7, 11) is -3.73. The molecule has 1 aromatic carbocycles. The molecule has 1 aromatic rings. The predicted molar refractivity (Wildman–Crippen MR) is 74.0 cm³/mol. The number of alkyl halides is 3. The Labute approximate surface area is 121 Å². The highest BCUT2D eigenvalue weighted by Crippen LogP contribution is 2.36. The minimum absolute atomic E-state index is 0.0247. The van der Waals surface area contributed by atoms with Crippen molar-refractivity contribution in [1.29, 1.82) is 0 Å². The lowest BCUT2D eigenvalue weighted by molar-refractivity contribution is -0.0435. The molecule has 1 saturated heterocycles. The molecule has 1 fully saturated rings. The largest absolute Gasteiger partial charge is 0.501 e. The zero-order valence-corrected chi connectivity index (χ0v) is 12.3. The number of nitrogens with zero attached hydrogens (tertiary/aromatic N) is 1. The Kier molecular flexibility index (Phi) is 4.48. The molecule has 1 heterocycles. The minimum Gasteiger partial charge on any atom is -0.369 e. The molecule has 1 N–H and O–H groups in total. The second-order valence-corrected chi connectivity index (χ2v) is 6.94. The van der Waals surface area contributed by atoms with Crippen molar-refractivity contribution < 1.29 is 21.6 Å². The van der Waals surface area contributed by atoms with Crippen molar-refractivity contribution in [3.05, 3.63) is 24.3 Å². The van der Waals surface area contributed by atoms with Crippen molar-refractivity contribution in [1.82, 2.24) is 5.32 Å². The molecule has 1 atom stereocenters. The Morgan fingerprint density at radius 1 is 1.29 bits per heavy atom. The van der Waals surface area contributed by atoms with Gasteiger partial charge >= 0.3 is 5.51 Å². The van der Waals surface area contributed by atoms with E-state index < -0.39 is 20.2 Å². The van der Waals surface area contributed by atoms with Crippen LogP contribution in [-0.2, 0) is 9.84 Å². The number of likely N-dealkylation sites (N-methyl/N-ethyl adjacent to an activating group) is 1. The predicted octanol–water partition coefficient (Wildman–Crippen LogP) is 2.17. The fourth-order valence-corrected chi connectivity index (χ4v) is 3.46. The number of benzene rings is 1. The van der Waals surface area contributed by atoms with E-state index in [1.807, 2.05) is 0 Å². The molecule has 1 aliphatic rings. The molecule has 8 heteroatoms. The van der Waals surface area contributed by atoms with Crippen molar-refractivity contribution in [2.45, 2.75) is 29.3 Å². The van der Waals surface area contributed by atoms with E-state index in [4.69, 9.17) is 0 Å². The second-order valence-electron chi connectivity index (χ2n) is 5.03. The van der Waals surface area contributed by atoms with Gasteiger partial charge < -0.3 is 10.2 Å². The number of halogens is 3. The lowest BCUT2D eigenvalue weighted by Crippen LogP contribution is -2.44. The topological polar surface area (TPSA) is 49.4 Å². The van der Waals surface area contributed by atoms with Crippen LogP contribution in [0.4, 0.5) is 18.9 Å². The van der Waals surface area contributed by atoms with E-state index in [0.29, 0.717) is 6.54 Å². The number of piperidine rings is 1. The van der Waals surface area contributed by atoms with E-state index in [-0.39, 0.29) is 11.7 Å². The summed E-state index contributed by atoms with van der Waals surface area (Å²) in [6.45, 7) is 1.49. The van der Waals surface area contributed by atoms with Crippen molar-refractivity contribution >= 4 is 15.5 Å². The summed E-state index contributed by atoms with van der Waals surface area (Å²) in [4.78, 5) is 0.927. The first-order chi connectivity index (χ1) is 9.75. The van der Waals surface area contributed by atoms with Crippen LogP contribution < -0.4 is 10.2 Å². The molecule has 0 amide bonds. The van der Waals surface area contributed by atoms with Crippen molar-refractivity contribution in [2.75, 3.05) is 25.0 Å². The summed E-state index contributed by atoms with van der Waals surface area (Å²) < 4.78 is 61.7. The number of anilines is 1. The van der Waals surface area contributed by atoms with Gasteiger partial charge in [0.15, 0.2) is 0 Å². The van der Waals surface area contributed by atoms with E-state index in [1.165, 1.54) is 18.2 Å². The monoisotopic (exact) mass is 322 g/mol. The summed E-state index contributed by atoms with van der Waals surface area (Å²) in [5, 5.41) is 3.16. The van der Waals surface area contributed by atoms with E-state index in [1.54, 1.807) is 11.9 Å². The summed E-state index contributed by atoms with van der Waals surface area (Å²) >= 11 is 0. The second kappa shape index (κ2) is 5.84. The fourth-order valence-electron chi connectivity index (χ4n) is 2.46. The van der Waals surface area contributed by atoms with E-state index in [9.17, 15) is 21.6 Å². The van der Waals surface area contributed by atoms with Crippen molar-refractivity contribution in [3.63, 3.8) is 0 Å². The van der Waals surface area contributed by atoms with Crippen molar-refractivity contribution in [2.24, 2.45) is 0 Å². The van der Waals surface area contributed by atoms with Gasteiger partial charge in [0, 0.05) is 19.6 Å². The Morgan fingerprint density at radius 3 is 2.52 bits per heavy atom. The van der Waals surface area contributed by atoms with Gasteiger partial charge in [0.05, 0.1) is 10.6 Å². The van der Waals surface area contributed by atoms with E-state index in [2.05, 4.69) is 5.32 Å². The van der Waals surface area contributed by atoms with Gasteiger partial charge in [-0.25, -0.2) is 8.42 Å². The maximum absolute atomic E-state index is 12.8. The van der Waals surface area contributed by atoms with Crippen LogP contribution in [0.2, 0.25) is 0 Å². The average molecular weight is 322 g/mol. The van der Waals surface area contributed by atoms with Gasteiger partial charge in [-0.05, 0) is 31.5 Å². The van der Waals surface area contributed by atoms with Gasteiger partial charge in [0.1, 0.15) is 0 Å². The molecule has 4 nitrogen and oxygen atoms in total. The molecule has 118 valence electrons. The Morgan fingerprint density at radius 2 is 1.95 bits per heavy atom. The number of sulfone groups is 1. The Hall–Kier alpha value is -1.28. The lowest BCUT2D eigenvalue weighted by atomic mass is 10.1. The van der Waals surface area contributed by atoms with Crippen LogP contribution in [0, 0.1) is 0 Å². The quantitative estimate of drug-likeness (QED) is 0.926. The number of rotatable bonds is 3. The first-order valence-corrected chi connectivity index (χ1v) is 8.07. The Bertz CT molecular complexity index is 596. The van der Waals surface area contributed by atoms with Gasteiger partial charge in [-0.2, -0.15) is 13.2 Å².